The number of ether oxygens (including phenoxy) is 1. The molecule has 0 bridgehead atoms. The van der Waals surface area contributed by atoms with Gasteiger partial charge in [-0.3, -0.25) is 4.90 Å². The summed E-state index contributed by atoms with van der Waals surface area (Å²) in [4.78, 5) is 4.27. The Morgan fingerprint density at radius 2 is 2.08 bits per heavy atom. The molecule has 138 valence electrons. The van der Waals surface area contributed by atoms with E-state index < -0.39 is 0 Å². The van der Waals surface area contributed by atoms with Crippen molar-refractivity contribution < 1.29 is 9.13 Å². The van der Waals surface area contributed by atoms with Gasteiger partial charge in [0.25, 0.3) is 0 Å². The predicted molar refractivity (Wildman–Crippen MR) is 107 cm³/mol. The molecule has 3 rings (SSSR count). The van der Waals surface area contributed by atoms with E-state index in [0.717, 1.165) is 25.2 Å². The van der Waals surface area contributed by atoms with Crippen LogP contribution in [0, 0.1) is 5.82 Å². The molecule has 0 aliphatic carbocycles. The number of thiocarbonyl (C=S) groups is 1. The third-order valence-corrected chi connectivity index (χ3v) is 4.91. The van der Waals surface area contributed by atoms with Crippen molar-refractivity contribution in [2.45, 2.75) is 13.0 Å². The largest absolute Gasteiger partial charge is 0.495 e. The van der Waals surface area contributed by atoms with E-state index in [1.165, 1.54) is 6.07 Å². The fraction of sp³-hybridized carbons (Fsp3) is 0.316. The van der Waals surface area contributed by atoms with Crippen molar-refractivity contribution in [3.63, 3.8) is 0 Å². The summed E-state index contributed by atoms with van der Waals surface area (Å²) in [6.07, 6.45) is 0.966. The van der Waals surface area contributed by atoms with Gasteiger partial charge < -0.3 is 15.0 Å². The van der Waals surface area contributed by atoms with Gasteiger partial charge in [-0.15, -0.1) is 0 Å². The van der Waals surface area contributed by atoms with Crippen LogP contribution in [-0.4, -0.2) is 41.8 Å². The predicted octanol–water partition coefficient (Wildman–Crippen LogP) is 4.35. The first-order valence-corrected chi connectivity index (χ1v) is 9.20. The Morgan fingerprint density at radius 3 is 2.85 bits per heavy atom. The van der Waals surface area contributed by atoms with Crippen molar-refractivity contribution in [1.29, 1.82) is 0 Å². The van der Waals surface area contributed by atoms with E-state index in [1.807, 2.05) is 18.2 Å². The van der Waals surface area contributed by atoms with E-state index in [0.29, 0.717) is 34.7 Å². The van der Waals surface area contributed by atoms with Crippen LogP contribution >= 0.6 is 23.8 Å². The van der Waals surface area contributed by atoms with Crippen LogP contribution in [0.3, 0.4) is 0 Å². The molecule has 4 nitrogen and oxygen atoms in total. The standard InChI is InChI=1S/C19H21ClFN3OS/c1-25-18-11-15(20)7-8-17(18)22-19(26)24-10-4-9-23(13-24)12-14-5-2-3-6-16(14)21/h2-3,5-8,11H,4,9-10,12-13H2,1H3,(H,22,26). The molecular weight excluding hydrogens is 373 g/mol. The molecule has 0 unspecified atom stereocenters. The number of halogens is 2. The summed E-state index contributed by atoms with van der Waals surface area (Å²) < 4.78 is 19.3. The Hall–Kier alpha value is -1.89. The molecule has 1 N–H and O–H groups in total. The number of rotatable bonds is 4. The Bertz CT molecular complexity index is 789. The minimum Gasteiger partial charge on any atom is -0.495 e. The summed E-state index contributed by atoms with van der Waals surface area (Å²) >= 11 is 11.6. The first kappa shape index (κ1) is 18.9. The molecule has 0 spiro atoms. The molecule has 2 aromatic rings. The quantitative estimate of drug-likeness (QED) is 0.779. The third-order valence-electron chi connectivity index (χ3n) is 4.32. The topological polar surface area (TPSA) is 27.7 Å². The smallest absolute Gasteiger partial charge is 0.174 e. The molecule has 0 radical (unpaired) electrons. The van der Waals surface area contributed by atoms with Gasteiger partial charge in [0.05, 0.1) is 19.5 Å². The SMILES string of the molecule is COc1cc(Cl)ccc1NC(=S)N1CCCN(Cc2ccccc2F)C1. The van der Waals surface area contributed by atoms with Crippen molar-refractivity contribution in [1.82, 2.24) is 9.80 Å². The maximum absolute atomic E-state index is 13.9. The zero-order valence-electron chi connectivity index (χ0n) is 14.5. The summed E-state index contributed by atoms with van der Waals surface area (Å²) in [5.74, 6) is 0.469. The molecule has 7 heteroatoms. The summed E-state index contributed by atoms with van der Waals surface area (Å²) in [5.41, 5.74) is 1.47. The van der Waals surface area contributed by atoms with Crippen molar-refractivity contribution >= 4 is 34.6 Å². The number of nitrogens with one attached hydrogen (secondary N) is 1. The van der Waals surface area contributed by atoms with Crippen LogP contribution in [-0.2, 0) is 6.54 Å². The molecule has 1 fully saturated rings. The summed E-state index contributed by atoms with van der Waals surface area (Å²) in [6.45, 7) is 2.99. The van der Waals surface area contributed by atoms with Gasteiger partial charge in [0.2, 0.25) is 0 Å². The van der Waals surface area contributed by atoms with E-state index >= 15 is 0 Å². The lowest BCUT2D eigenvalue weighted by molar-refractivity contribution is 0.132. The number of nitrogens with zero attached hydrogens (tertiary/aromatic N) is 2. The Labute approximate surface area is 163 Å². The molecular formula is C19H21ClFN3OS. The molecule has 2 aromatic carbocycles. The minimum atomic E-state index is -0.170. The molecule has 1 saturated heterocycles. The molecule has 1 heterocycles. The lowest BCUT2D eigenvalue weighted by atomic mass is 10.2. The van der Waals surface area contributed by atoms with E-state index in [9.17, 15) is 4.39 Å². The number of anilines is 1. The lowest BCUT2D eigenvalue weighted by Gasteiger charge is -2.37. The van der Waals surface area contributed by atoms with E-state index in [4.69, 9.17) is 28.6 Å². The van der Waals surface area contributed by atoms with Gasteiger partial charge in [0.1, 0.15) is 11.6 Å². The maximum Gasteiger partial charge on any atom is 0.174 e. The normalized spacial score (nSPS) is 15.0. The summed E-state index contributed by atoms with van der Waals surface area (Å²) in [7, 11) is 1.59. The van der Waals surface area contributed by atoms with Crippen molar-refractivity contribution in [3.05, 3.63) is 58.9 Å². The van der Waals surface area contributed by atoms with Gasteiger partial charge >= 0.3 is 0 Å². The fourth-order valence-electron chi connectivity index (χ4n) is 2.99. The van der Waals surface area contributed by atoms with Gasteiger partial charge in [0.15, 0.2) is 5.11 Å². The van der Waals surface area contributed by atoms with Crippen LogP contribution in [0.2, 0.25) is 5.02 Å². The minimum absolute atomic E-state index is 0.170. The van der Waals surface area contributed by atoms with Crippen LogP contribution in [0.4, 0.5) is 10.1 Å². The van der Waals surface area contributed by atoms with Crippen LogP contribution in [0.5, 0.6) is 5.75 Å². The van der Waals surface area contributed by atoms with Gasteiger partial charge in [-0.2, -0.15) is 0 Å². The fourth-order valence-corrected chi connectivity index (χ4v) is 3.41. The van der Waals surface area contributed by atoms with Crippen LogP contribution < -0.4 is 10.1 Å². The number of methoxy groups -OCH3 is 1. The van der Waals surface area contributed by atoms with Crippen molar-refractivity contribution in [3.8, 4) is 5.75 Å². The molecule has 1 aliphatic heterocycles. The number of benzene rings is 2. The van der Waals surface area contributed by atoms with Crippen LogP contribution in [0.1, 0.15) is 12.0 Å². The average Bonchev–Trinajstić information content (AvgIpc) is 2.65. The lowest BCUT2D eigenvalue weighted by Crippen LogP contribution is -2.48. The zero-order valence-corrected chi connectivity index (χ0v) is 16.1. The Balaban J connectivity index is 1.64. The van der Waals surface area contributed by atoms with Gasteiger partial charge in [0, 0.05) is 36.3 Å². The van der Waals surface area contributed by atoms with Gasteiger partial charge in [-0.25, -0.2) is 4.39 Å². The van der Waals surface area contributed by atoms with E-state index in [-0.39, 0.29) is 5.82 Å². The summed E-state index contributed by atoms with van der Waals surface area (Å²) in [6, 6.07) is 12.3. The third kappa shape index (κ3) is 4.63. The van der Waals surface area contributed by atoms with Crippen LogP contribution in [0.25, 0.3) is 0 Å². The second kappa shape index (κ2) is 8.66. The second-order valence-corrected chi connectivity index (χ2v) is 7.00. The number of hydrogen-bond acceptors (Lipinski definition) is 3. The Morgan fingerprint density at radius 1 is 1.27 bits per heavy atom. The molecule has 0 amide bonds. The van der Waals surface area contributed by atoms with Crippen LogP contribution in [0.15, 0.2) is 42.5 Å². The monoisotopic (exact) mass is 393 g/mol. The summed E-state index contributed by atoms with van der Waals surface area (Å²) in [5, 5.41) is 4.45. The van der Waals surface area contributed by atoms with Gasteiger partial charge in [-0.05, 0) is 36.8 Å². The van der Waals surface area contributed by atoms with Crippen molar-refractivity contribution in [2.75, 3.05) is 32.2 Å². The highest BCUT2D eigenvalue weighted by atomic mass is 35.5. The molecule has 0 atom stereocenters. The van der Waals surface area contributed by atoms with Gasteiger partial charge in [-0.1, -0.05) is 29.8 Å². The van der Waals surface area contributed by atoms with E-state index in [1.54, 1.807) is 25.3 Å². The first-order valence-electron chi connectivity index (χ1n) is 8.42. The molecule has 0 aromatic heterocycles. The van der Waals surface area contributed by atoms with Crippen molar-refractivity contribution in [2.24, 2.45) is 0 Å². The second-order valence-electron chi connectivity index (χ2n) is 6.18. The zero-order chi connectivity index (χ0) is 18.5. The maximum atomic E-state index is 13.9. The highest BCUT2D eigenvalue weighted by Gasteiger charge is 2.21. The highest BCUT2D eigenvalue weighted by Crippen LogP contribution is 2.28. The average molecular weight is 394 g/mol. The molecule has 1 aliphatic rings. The number of hydrogen-bond donors (Lipinski definition) is 1. The molecule has 26 heavy (non-hydrogen) atoms. The van der Waals surface area contributed by atoms with E-state index in [2.05, 4.69) is 15.1 Å². The molecule has 0 saturated carbocycles. The first-order chi connectivity index (χ1) is 12.6. The Kier molecular flexibility index (Phi) is 6.29. The highest BCUT2D eigenvalue weighted by molar-refractivity contribution is 7.80.